The number of aryl methyl sites for hydroxylation is 2. The minimum Gasteiger partial charge on any atom is -0.493 e. The molecule has 1 amide bonds. The van der Waals surface area contributed by atoms with Gasteiger partial charge in [-0.15, -0.1) is 0 Å². The lowest BCUT2D eigenvalue weighted by molar-refractivity contribution is 0.102. The van der Waals surface area contributed by atoms with E-state index in [0.717, 1.165) is 29.1 Å². The summed E-state index contributed by atoms with van der Waals surface area (Å²) in [6.07, 6.45) is 0.844. The van der Waals surface area contributed by atoms with Gasteiger partial charge < -0.3 is 10.1 Å². The summed E-state index contributed by atoms with van der Waals surface area (Å²) in [5.74, 6) is 1.38. The Bertz CT molecular complexity index is 942. The molecule has 0 saturated heterocycles. The first-order valence-corrected chi connectivity index (χ1v) is 8.31. The molecule has 0 atom stereocenters. The van der Waals surface area contributed by atoms with E-state index < -0.39 is 0 Å². The van der Waals surface area contributed by atoms with E-state index in [2.05, 4.69) is 10.4 Å². The van der Waals surface area contributed by atoms with Gasteiger partial charge in [-0.2, -0.15) is 5.10 Å². The molecule has 0 unspecified atom stereocenters. The molecule has 1 N–H and O–H groups in total. The molecule has 5 nitrogen and oxygen atoms in total. The number of carbonyl (C=O) groups excluding carboxylic acids is 1. The van der Waals surface area contributed by atoms with Crippen molar-refractivity contribution in [3.05, 3.63) is 70.9 Å². The number of fused-ring (bicyclic) bond motifs is 1. The molecule has 126 valence electrons. The Morgan fingerprint density at radius 3 is 2.72 bits per heavy atom. The van der Waals surface area contributed by atoms with Crippen LogP contribution in [0.15, 0.2) is 48.5 Å². The quantitative estimate of drug-likeness (QED) is 0.795. The van der Waals surface area contributed by atoms with Gasteiger partial charge in [-0.25, -0.2) is 4.68 Å². The average molecular weight is 333 g/mol. The molecule has 0 radical (unpaired) electrons. The fraction of sp³-hybridized carbons (Fsp3) is 0.200. The van der Waals surface area contributed by atoms with Crippen LogP contribution in [0.2, 0.25) is 0 Å². The third-order valence-corrected chi connectivity index (χ3v) is 4.30. The van der Waals surface area contributed by atoms with Crippen molar-refractivity contribution in [1.82, 2.24) is 9.78 Å². The Balaban J connectivity index is 1.62. The number of aromatic nitrogens is 2. The second kappa shape index (κ2) is 6.09. The molecule has 1 aliphatic rings. The summed E-state index contributed by atoms with van der Waals surface area (Å²) < 4.78 is 7.25. The Morgan fingerprint density at radius 1 is 1.12 bits per heavy atom. The fourth-order valence-corrected chi connectivity index (χ4v) is 2.99. The smallest absolute Gasteiger partial charge is 0.256 e. The first-order valence-electron chi connectivity index (χ1n) is 8.31. The van der Waals surface area contributed by atoms with Crippen LogP contribution in [0.25, 0.3) is 5.69 Å². The highest BCUT2D eigenvalue weighted by atomic mass is 16.5. The van der Waals surface area contributed by atoms with Gasteiger partial charge in [-0.3, -0.25) is 4.79 Å². The van der Waals surface area contributed by atoms with Crippen molar-refractivity contribution in [2.45, 2.75) is 20.3 Å². The van der Waals surface area contributed by atoms with Crippen molar-refractivity contribution in [3.63, 3.8) is 0 Å². The molecular formula is C20H19N3O2. The number of nitrogens with one attached hydrogen (secondary N) is 1. The van der Waals surface area contributed by atoms with E-state index in [4.69, 9.17) is 4.74 Å². The minimum atomic E-state index is -0.150. The zero-order valence-corrected chi connectivity index (χ0v) is 14.2. The molecule has 4 rings (SSSR count). The minimum absolute atomic E-state index is 0.150. The van der Waals surface area contributed by atoms with E-state index in [1.807, 2.05) is 56.3 Å². The summed E-state index contributed by atoms with van der Waals surface area (Å²) >= 11 is 0. The summed E-state index contributed by atoms with van der Waals surface area (Å²) in [4.78, 5) is 12.7. The van der Waals surface area contributed by atoms with Crippen molar-refractivity contribution >= 4 is 11.7 Å². The number of rotatable bonds is 3. The third-order valence-electron chi connectivity index (χ3n) is 4.30. The van der Waals surface area contributed by atoms with Crippen molar-refractivity contribution in [2.75, 3.05) is 11.9 Å². The summed E-state index contributed by atoms with van der Waals surface area (Å²) in [6.45, 7) is 4.63. The normalized spacial score (nSPS) is 12.6. The first kappa shape index (κ1) is 15.4. The maximum Gasteiger partial charge on any atom is 0.256 e. The van der Waals surface area contributed by atoms with E-state index in [1.165, 1.54) is 5.56 Å². The highest BCUT2D eigenvalue weighted by Crippen LogP contribution is 2.26. The number of hydrogen-bond acceptors (Lipinski definition) is 3. The molecular weight excluding hydrogens is 314 g/mol. The van der Waals surface area contributed by atoms with Crippen LogP contribution < -0.4 is 10.1 Å². The fourth-order valence-electron chi connectivity index (χ4n) is 2.99. The van der Waals surface area contributed by atoms with E-state index >= 15 is 0 Å². The van der Waals surface area contributed by atoms with Crippen LogP contribution in [-0.4, -0.2) is 22.3 Å². The van der Waals surface area contributed by atoms with Crippen molar-refractivity contribution in [1.29, 1.82) is 0 Å². The van der Waals surface area contributed by atoms with Crippen LogP contribution in [0.5, 0.6) is 5.75 Å². The Labute approximate surface area is 146 Å². The maximum absolute atomic E-state index is 12.7. The molecule has 2 aromatic carbocycles. The van der Waals surface area contributed by atoms with Gasteiger partial charge in [0.2, 0.25) is 0 Å². The van der Waals surface area contributed by atoms with Gasteiger partial charge in [-0.1, -0.05) is 17.7 Å². The van der Waals surface area contributed by atoms with Crippen LogP contribution in [0.3, 0.4) is 0 Å². The molecule has 0 fully saturated rings. The average Bonchev–Trinajstić information content (AvgIpc) is 3.21. The van der Waals surface area contributed by atoms with Crippen molar-refractivity contribution in [2.24, 2.45) is 0 Å². The van der Waals surface area contributed by atoms with E-state index in [1.54, 1.807) is 10.7 Å². The SMILES string of the molecule is Cc1ccc(-n2nc(C)cc2NC(=O)c2ccc3c(c2)CCO3)cc1. The molecule has 5 heteroatoms. The lowest BCUT2D eigenvalue weighted by Crippen LogP contribution is -2.15. The Kier molecular flexibility index (Phi) is 3.76. The molecule has 1 aromatic heterocycles. The summed E-state index contributed by atoms with van der Waals surface area (Å²) in [5.41, 5.74) is 4.64. The topological polar surface area (TPSA) is 56.2 Å². The highest BCUT2D eigenvalue weighted by molar-refractivity contribution is 6.04. The number of nitrogens with zero attached hydrogens (tertiary/aromatic N) is 2. The Hall–Kier alpha value is -3.08. The lowest BCUT2D eigenvalue weighted by atomic mass is 10.1. The van der Waals surface area contributed by atoms with Gasteiger partial charge >= 0.3 is 0 Å². The second-order valence-electron chi connectivity index (χ2n) is 6.29. The Morgan fingerprint density at radius 2 is 1.92 bits per heavy atom. The zero-order chi connectivity index (χ0) is 17.4. The van der Waals surface area contributed by atoms with Gasteiger partial charge in [-0.05, 0) is 49.7 Å². The number of amides is 1. The number of ether oxygens (including phenoxy) is 1. The van der Waals surface area contributed by atoms with Gasteiger partial charge in [0, 0.05) is 18.1 Å². The highest BCUT2D eigenvalue weighted by Gasteiger charge is 2.17. The standard InChI is InChI=1S/C20H19N3O2/c1-13-3-6-17(7-4-13)23-19(11-14(2)22-23)21-20(24)16-5-8-18-15(12-16)9-10-25-18/h3-8,11-12H,9-10H2,1-2H3,(H,21,24). The largest absolute Gasteiger partial charge is 0.493 e. The number of benzene rings is 2. The van der Waals surface area contributed by atoms with Gasteiger partial charge in [0.1, 0.15) is 11.6 Å². The van der Waals surface area contributed by atoms with E-state index in [0.29, 0.717) is 18.0 Å². The van der Waals surface area contributed by atoms with Gasteiger partial charge in [0.25, 0.3) is 5.91 Å². The van der Waals surface area contributed by atoms with Crippen LogP contribution in [0.1, 0.15) is 27.2 Å². The van der Waals surface area contributed by atoms with Crippen molar-refractivity contribution in [3.8, 4) is 11.4 Å². The van der Waals surface area contributed by atoms with Gasteiger partial charge in [0.05, 0.1) is 18.0 Å². The molecule has 3 aromatic rings. The predicted molar refractivity (Wildman–Crippen MR) is 96.6 cm³/mol. The third kappa shape index (κ3) is 3.01. The zero-order valence-electron chi connectivity index (χ0n) is 14.2. The summed E-state index contributed by atoms with van der Waals surface area (Å²) in [7, 11) is 0. The van der Waals surface area contributed by atoms with Crippen LogP contribution in [0.4, 0.5) is 5.82 Å². The number of carbonyl (C=O) groups is 1. The summed E-state index contributed by atoms with van der Waals surface area (Å²) in [6, 6.07) is 15.5. The molecule has 0 spiro atoms. The molecule has 2 heterocycles. The molecule has 0 saturated carbocycles. The molecule has 0 bridgehead atoms. The van der Waals surface area contributed by atoms with E-state index in [-0.39, 0.29) is 5.91 Å². The van der Waals surface area contributed by atoms with Crippen LogP contribution in [-0.2, 0) is 6.42 Å². The van der Waals surface area contributed by atoms with Crippen LogP contribution in [0, 0.1) is 13.8 Å². The van der Waals surface area contributed by atoms with Crippen molar-refractivity contribution < 1.29 is 9.53 Å². The van der Waals surface area contributed by atoms with Crippen LogP contribution >= 0.6 is 0 Å². The predicted octanol–water partition coefficient (Wildman–Crippen LogP) is 3.68. The monoisotopic (exact) mass is 333 g/mol. The molecule has 0 aliphatic carbocycles. The lowest BCUT2D eigenvalue weighted by Gasteiger charge is -2.10. The number of hydrogen-bond donors (Lipinski definition) is 1. The second-order valence-corrected chi connectivity index (χ2v) is 6.29. The number of anilines is 1. The molecule has 1 aliphatic heterocycles. The van der Waals surface area contributed by atoms with E-state index in [9.17, 15) is 4.79 Å². The first-order chi connectivity index (χ1) is 12.1. The molecule has 25 heavy (non-hydrogen) atoms. The summed E-state index contributed by atoms with van der Waals surface area (Å²) in [5, 5.41) is 7.47. The van der Waals surface area contributed by atoms with Gasteiger partial charge in [0.15, 0.2) is 0 Å². The maximum atomic E-state index is 12.7.